The van der Waals surface area contributed by atoms with Crippen molar-refractivity contribution in [1.29, 1.82) is 0 Å². The number of carbonyl (C=O) groups is 3. The zero-order valence-electron chi connectivity index (χ0n) is 15.2. The Morgan fingerprint density at radius 3 is 2.31 bits per heavy atom. The predicted molar refractivity (Wildman–Crippen MR) is 97.3 cm³/mol. The average Bonchev–Trinajstić information content (AvgIpc) is 2.62. The predicted octanol–water partition coefficient (Wildman–Crippen LogP) is 3.19. The fourth-order valence-electron chi connectivity index (χ4n) is 2.35. The van der Waals surface area contributed by atoms with E-state index in [1.54, 1.807) is 32.0 Å². The number of methoxy groups -OCH3 is 1. The summed E-state index contributed by atoms with van der Waals surface area (Å²) in [5, 5.41) is 2.64. The first-order valence-corrected chi connectivity index (χ1v) is 8.05. The molecule has 2 aromatic carbocycles. The lowest BCUT2D eigenvalue weighted by atomic mass is 10.1. The molecule has 0 unspecified atom stereocenters. The van der Waals surface area contributed by atoms with Gasteiger partial charge in [-0.15, -0.1) is 0 Å². The molecule has 0 saturated heterocycles. The molecule has 2 rings (SSSR count). The van der Waals surface area contributed by atoms with E-state index < -0.39 is 24.5 Å². The molecule has 0 aliphatic carbocycles. The second-order valence-corrected chi connectivity index (χ2v) is 5.96. The summed E-state index contributed by atoms with van der Waals surface area (Å²) < 4.78 is 9.76. The van der Waals surface area contributed by atoms with Crippen molar-refractivity contribution in [1.82, 2.24) is 0 Å². The van der Waals surface area contributed by atoms with E-state index in [1.165, 1.54) is 13.2 Å². The lowest BCUT2D eigenvalue weighted by Crippen LogP contribution is -2.22. The lowest BCUT2D eigenvalue weighted by molar-refractivity contribution is -0.119. The molecule has 0 spiro atoms. The topological polar surface area (TPSA) is 81.7 Å². The van der Waals surface area contributed by atoms with Gasteiger partial charge in [0.25, 0.3) is 5.91 Å². The van der Waals surface area contributed by atoms with Crippen LogP contribution >= 0.6 is 0 Å². The standard InChI is InChI=1S/C20H21NO5/c1-12-5-6-13(2)16(9-12)20(24)26-11-18(22)21-17-10-15(19(23)25-4)8-7-14(17)3/h5-10H,11H2,1-4H3,(H,21,22). The highest BCUT2D eigenvalue weighted by Gasteiger charge is 2.14. The summed E-state index contributed by atoms with van der Waals surface area (Å²) in [7, 11) is 1.28. The van der Waals surface area contributed by atoms with Crippen LogP contribution in [0, 0.1) is 20.8 Å². The van der Waals surface area contributed by atoms with Crippen molar-refractivity contribution in [2.24, 2.45) is 0 Å². The van der Waals surface area contributed by atoms with Crippen LogP contribution < -0.4 is 5.32 Å². The van der Waals surface area contributed by atoms with E-state index in [2.05, 4.69) is 10.1 Å². The summed E-state index contributed by atoms with van der Waals surface area (Å²) in [6.45, 7) is 5.05. The van der Waals surface area contributed by atoms with Crippen LogP contribution in [0.2, 0.25) is 0 Å². The Labute approximate surface area is 152 Å². The van der Waals surface area contributed by atoms with Crippen molar-refractivity contribution in [2.45, 2.75) is 20.8 Å². The summed E-state index contributed by atoms with van der Waals surface area (Å²) in [6, 6.07) is 10.3. The maximum absolute atomic E-state index is 12.2. The second-order valence-electron chi connectivity index (χ2n) is 5.96. The lowest BCUT2D eigenvalue weighted by Gasteiger charge is -2.11. The van der Waals surface area contributed by atoms with Gasteiger partial charge in [-0.25, -0.2) is 9.59 Å². The van der Waals surface area contributed by atoms with Gasteiger partial charge in [-0.2, -0.15) is 0 Å². The Morgan fingerprint density at radius 2 is 1.62 bits per heavy atom. The molecule has 26 heavy (non-hydrogen) atoms. The van der Waals surface area contributed by atoms with E-state index in [-0.39, 0.29) is 0 Å². The number of aryl methyl sites for hydroxylation is 3. The number of anilines is 1. The number of rotatable bonds is 5. The number of amides is 1. The maximum atomic E-state index is 12.2. The van der Waals surface area contributed by atoms with Crippen LogP contribution in [0.1, 0.15) is 37.4 Å². The summed E-state index contributed by atoms with van der Waals surface area (Å²) >= 11 is 0. The van der Waals surface area contributed by atoms with Crippen molar-refractivity contribution in [2.75, 3.05) is 19.0 Å². The molecule has 6 heteroatoms. The minimum absolute atomic E-state index is 0.320. The van der Waals surface area contributed by atoms with Gasteiger partial charge in [0, 0.05) is 5.69 Å². The van der Waals surface area contributed by atoms with Crippen molar-refractivity contribution in [3.63, 3.8) is 0 Å². The number of hydrogen-bond donors (Lipinski definition) is 1. The summed E-state index contributed by atoms with van der Waals surface area (Å²) in [6.07, 6.45) is 0. The molecule has 0 aliphatic heterocycles. The zero-order chi connectivity index (χ0) is 19.3. The van der Waals surface area contributed by atoms with E-state index in [9.17, 15) is 14.4 Å². The largest absolute Gasteiger partial charge is 0.465 e. The number of ether oxygens (including phenoxy) is 2. The zero-order valence-corrected chi connectivity index (χ0v) is 15.2. The Balaban J connectivity index is 2.02. The normalized spacial score (nSPS) is 10.2. The smallest absolute Gasteiger partial charge is 0.338 e. The summed E-state index contributed by atoms with van der Waals surface area (Å²) in [5.74, 6) is -1.54. The minimum Gasteiger partial charge on any atom is -0.465 e. The van der Waals surface area contributed by atoms with E-state index in [0.717, 1.165) is 16.7 Å². The minimum atomic E-state index is -0.554. The molecular formula is C20H21NO5. The van der Waals surface area contributed by atoms with Gasteiger partial charge in [-0.3, -0.25) is 4.79 Å². The van der Waals surface area contributed by atoms with Crippen molar-refractivity contribution >= 4 is 23.5 Å². The second kappa shape index (κ2) is 8.29. The molecule has 0 aliphatic rings. The van der Waals surface area contributed by atoms with Crippen LogP contribution in [0.15, 0.2) is 36.4 Å². The van der Waals surface area contributed by atoms with E-state index in [4.69, 9.17) is 4.74 Å². The average molecular weight is 355 g/mol. The molecule has 0 radical (unpaired) electrons. The molecule has 0 atom stereocenters. The highest BCUT2D eigenvalue weighted by molar-refractivity contribution is 5.98. The SMILES string of the molecule is COC(=O)c1ccc(C)c(NC(=O)COC(=O)c2cc(C)ccc2C)c1. The van der Waals surface area contributed by atoms with Crippen LogP contribution in [-0.2, 0) is 14.3 Å². The maximum Gasteiger partial charge on any atom is 0.338 e. The molecule has 0 fully saturated rings. The highest BCUT2D eigenvalue weighted by Crippen LogP contribution is 2.18. The summed E-state index contributed by atoms with van der Waals surface area (Å²) in [4.78, 5) is 35.8. The van der Waals surface area contributed by atoms with Crippen LogP contribution in [-0.4, -0.2) is 31.6 Å². The quantitative estimate of drug-likeness (QED) is 0.833. The van der Waals surface area contributed by atoms with Gasteiger partial charge in [-0.1, -0.05) is 23.8 Å². The molecule has 2 aromatic rings. The van der Waals surface area contributed by atoms with Crippen LogP contribution in [0.5, 0.6) is 0 Å². The van der Waals surface area contributed by atoms with E-state index in [0.29, 0.717) is 16.8 Å². The first-order valence-electron chi connectivity index (χ1n) is 8.05. The van der Waals surface area contributed by atoms with E-state index in [1.807, 2.05) is 19.1 Å². The molecule has 0 bridgehead atoms. The third kappa shape index (κ3) is 4.69. The van der Waals surface area contributed by atoms with Crippen molar-refractivity contribution in [3.05, 3.63) is 64.2 Å². The number of esters is 2. The third-order valence-corrected chi connectivity index (χ3v) is 3.88. The monoisotopic (exact) mass is 355 g/mol. The Morgan fingerprint density at radius 1 is 0.923 bits per heavy atom. The number of nitrogens with one attached hydrogen (secondary N) is 1. The van der Waals surface area contributed by atoms with E-state index >= 15 is 0 Å². The highest BCUT2D eigenvalue weighted by atomic mass is 16.5. The Bertz CT molecular complexity index is 857. The number of carbonyl (C=O) groups excluding carboxylic acids is 3. The third-order valence-electron chi connectivity index (χ3n) is 3.88. The molecule has 136 valence electrons. The molecule has 1 amide bonds. The van der Waals surface area contributed by atoms with Crippen LogP contribution in [0.3, 0.4) is 0 Å². The molecule has 6 nitrogen and oxygen atoms in total. The van der Waals surface area contributed by atoms with Gasteiger partial charge in [0.05, 0.1) is 18.2 Å². The molecule has 0 aromatic heterocycles. The van der Waals surface area contributed by atoms with Crippen LogP contribution in [0.25, 0.3) is 0 Å². The fourth-order valence-corrected chi connectivity index (χ4v) is 2.35. The van der Waals surface area contributed by atoms with Gasteiger partial charge < -0.3 is 14.8 Å². The molecule has 0 saturated carbocycles. The summed E-state index contributed by atoms with van der Waals surface area (Å²) in [5.41, 5.74) is 3.69. The van der Waals surface area contributed by atoms with Crippen molar-refractivity contribution < 1.29 is 23.9 Å². The van der Waals surface area contributed by atoms with Gasteiger partial charge in [0.2, 0.25) is 0 Å². The molecule has 1 N–H and O–H groups in total. The van der Waals surface area contributed by atoms with Crippen LogP contribution in [0.4, 0.5) is 5.69 Å². The first-order chi connectivity index (χ1) is 12.3. The van der Waals surface area contributed by atoms with Gasteiger partial charge in [0.1, 0.15) is 0 Å². The van der Waals surface area contributed by atoms with Gasteiger partial charge in [-0.05, 0) is 50.1 Å². The van der Waals surface area contributed by atoms with Gasteiger partial charge in [0.15, 0.2) is 6.61 Å². The number of hydrogen-bond acceptors (Lipinski definition) is 5. The Kier molecular flexibility index (Phi) is 6.11. The first kappa shape index (κ1) is 19.2. The molecular weight excluding hydrogens is 334 g/mol. The van der Waals surface area contributed by atoms with Gasteiger partial charge >= 0.3 is 11.9 Å². The van der Waals surface area contributed by atoms with Crippen molar-refractivity contribution in [3.8, 4) is 0 Å². The fraction of sp³-hybridized carbons (Fsp3) is 0.250. The number of benzene rings is 2. The Hall–Kier alpha value is -3.15. The molecule has 0 heterocycles.